The highest BCUT2D eigenvalue weighted by Crippen LogP contribution is 2.30. The molecule has 1 atom stereocenters. The van der Waals surface area contributed by atoms with E-state index in [0.29, 0.717) is 24.0 Å². The molecule has 1 aromatic heterocycles. The second-order valence-corrected chi connectivity index (χ2v) is 4.29. The van der Waals surface area contributed by atoms with Crippen molar-refractivity contribution in [3.05, 3.63) is 41.2 Å². The lowest BCUT2D eigenvalue weighted by atomic mass is 9.96. The van der Waals surface area contributed by atoms with Gasteiger partial charge in [0, 0.05) is 11.3 Å². The van der Waals surface area contributed by atoms with Gasteiger partial charge in [0.15, 0.2) is 0 Å². The molecule has 2 rings (SSSR count). The van der Waals surface area contributed by atoms with Gasteiger partial charge in [0.1, 0.15) is 0 Å². The maximum atomic E-state index is 13.9. The van der Waals surface area contributed by atoms with Crippen LogP contribution in [0.3, 0.4) is 0 Å². The lowest BCUT2D eigenvalue weighted by Crippen LogP contribution is -2.11. The molecule has 0 amide bonds. The summed E-state index contributed by atoms with van der Waals surface area (Å²) in [6.45, 7) is 3.88. The second kappa shape index (κ2) is 5.38. The van der Waals surface area contributed by atoms with E-state index in [1.165, 1.54) is 6.07 Å². The standard InChI is InChI=1S/C14H16F2N2/c1-3-9-8-12(15)18-14(16)13(9)11-7-5-6-10(4-2)17-11/h5-6,8,11H,3-4,7H2,1-2H3. The third kappa shape index (κ3) is 2.47. The molecular weight excluding hydrogens is 234 g/mol. The average Bonchev–Trinajstić information content (AvgIpc) is 2.37. The van der Waals surface area contributed by atoms with Crippen LogP contribution in [-0.4, -0.2) is 10.7 Å². The molecule has 1 unspecified atom stereocenters. The SMILES string of the molecule is CCC1=NC(c2c(CC)cc(F)nc2F)CC=C1. The maximum absolute atomic E-state index is 13.9. The minimum Gasteiger partial charge on any atom is -0.281 e. The van der Waals surface area contributed by atoms with Crippen molar-refractivity contribution in [1.29, 1.82) is 0 Å². The minimum absolute atomic E-state index is 0.270. The highest BCUT2D eigenvalue weighted by Gasteiger charge is 2.21. The Hall–Kier alpha value is -1.58. The Kier molecular flexibility index (Phi) is 3.84. The van der Waals surface area contributed by atoms with E-state index < -0.39 is 11.9 Å². The van der Waals surface area contributed by atoms with E-state index in [0.717, 1.165) is 12.1 Å². The van der Waals surface area contributed by atoms with Crippen LogP contribution in [0.25, 0.3) is 0 Å². The second-order valence-electron chi connectivity index (χ2n) is 4.29. The van der Waals surface area contributed by atoms with Crippen LogP contribution in [0.1, 0.15) is 43.9 Å². The lowest BCUT2D eigenvalue weighted by Gasteiger charge is -2.19. The monoisotopic (exact) mass is 250 g/mol. The van der Waals surface area contributed by atoms with Crippen LogP contribution in [0.5, 0.6) is 0 Å². The van der Waals surface area contributed by atoms with E-state index in [9.17, 15) is 8.78 Å². The fourth-order valence-electron chi connectivity index (χ4n) is 2.20. The summed E-state index contributed by atoms with van der Waals surface area (Å²) in [5.74, 6) is -1.49. The number of aliphatic imine (C=N–C) groups is 1. The highest BCUT2D eigenvalue weighted by molar-refractivity contribution is 5.95. The Morgan fingerprint density at radius 2 is 2.06 bits per heavy atom. The number of rotatable bonds is 3. The number of halogens is 2. The fraction of sp³-hybridized carbons (Fsp3) is 0.429. The van der Waals surface area contributed by atoms with Crippen molar-refractivity contribution in [3.8, 4) is 0 Å². The summed E-state index contributed by atoms with van der Waals surface area (Å²) in [6, 6.07) is 1.03. The molecule has 0 radical (unpaired) electrons. The molecule has 0 saturated heterocycles. The van der Waals surface area contributed by atoms with Gasteiger partial charge in [0.25, 0.3) is 0 Å². The molecule has 1 aliphatic heterocycles. The quantitative estimate of drug-likeness (QED) is 0.749. The number of dihydropyridines is 1. The molecule has 1 aromatic rings. The number of allylic oxidation sites excluding steroid dienone is 1. The number of aryl methyl sites for hydroxylation is 1. The van der Waals surface area contributed by atoms with Gasteiger partial charge in [-0.3, -0.25) is 4.99 Å². The number of hydrogen-bond acceptors (Lipinski definition) is 2. The molecule has 2 heterocycles. The summed E-state index contributed by atoms with van der Waals surface area (Å²) in [6.07, 6.45) is 5.96. The van der Waals surface area contributed by atoms with Crippen LogP contribution < -0.4 is 0 Å². The Morgan fingerprint density at radius 1 is 1.28 bits per heavy atom. The molecule has 0 bridgehead atoms. The zero-order valence-corrected chi connectivity index (χ0v) is 10.6. The van der Waals surface area contributed by atoms with Crippen molar-refractivity contribution in [2.24, 2.45) is 4.99 Å². The topological polar surface area (TPSA) is 25.2 Å². The van der Waals surface area contributed by atoms with Gasteiger partial charge in [-0.15, -0.1) is 0 Å². The third-order valence-electron chi connectivity index (χ3n) is 3.13. The first-order valence-electron chi connectivity index (χ1n) is 6.23. The molecule has 0 saturated carbocycles. The van der Waals surface area contributed by atoms with E-state index >= 15 is 0 Å². The van der Waals surface area contributed by atoms with E-state index in [4.69, 9.17) is 0 Å². The van der Waals surface area contributed by atoms with Crippen molar-refractivity contribution < 1.29 is 8.78 Å². The van der Waals surface area contributed by atoms with Gasteiger partial charge in [0.05, 0.1) is 6.04 Å². The summed E-state index contributed by atoms with van der Waals surface area (Å²) in [7, 11) is 0. The zero-order chi connectivity index (χ0) is 13.1. The number of pyridine rings is 1. The molecule has 0 spiro atoms. The number of aromatic nitrogens is 1. The van der Waals surface area contributed by atoms with Crippen molar-refractivity contribution in [3.63, 3.8) is 0 Å². The smallest absolute Gasteiger partial charge is 0.221 e. The summed E-state index contributed by atoms with van der Waals surface area (Å²) >= 11 is 0. The molecule has 0 aromatic carbocycles. The Labute approximate surface area is 105 Å². The first kappa shape index (κ1) is 12.9. The Bertz CT molecular complexity index is 507. The number of hydrogen-bond donors (Lipinski definition) is 0. The normalized spacial score (nSPS) is 18.9. The largest absolute Gasteiger partial charge is 0.281 e. The molecule has 4 heteroatoms. The van der Waals surface area contributed by atoms with E-state index in [2.05, 4.69) is 9.98 Å². The van der Waals surface area contributed by atoms with Crippen LogP contribution in [0.2, 0.25) is 0 Å². The zero-order valence-electron chi connectivity index (χ0n) is 10.6. The van der Waals surface area contributed by atoms with Crippen LogP contribution in [0.15, 0.2) is 23.2 Å². The van der Waals surface area contributed by atoms with Gasteiger partial charge in [-0.25, -0.2) is 0 Å². The molecule has 96 valence electrons. The van der Waals surface area contributed by atoms with Crippen molar-refractivity contribution in [2.45, 2.75) is 39.2 Å². The highest BCUT2D eigenvalue weighted by atomic mass is 19.1. The maximum Gasteiger partial charge on any atom is 0.221 e. The molecule has 18 heavy (non-hydrogen) atoms. The lowest BCUT2D eigenvalue weighted by molar-refractivity contribution is 0.487. The van der Waals surface area contributed by atoms with Gasteiger partial charge in [-0.05, 0) is 37.0 Å². The van der Waals surface area contributed by atoms with Crippen LogP contribution >= 0.6 is 0 Å². The fourth-order valence-corrected chi connectivity index (χ4v) is 2.20. The molecule has 0 N–H and O–H groups in total. The molecule has 2 nitrogen and oxygen atoms in total. The van der Waals surface area contributed by atoms with Crippen molar-refractivity contribution in [1.82, 2.24) is 4.98 Å². The molecule has 0 aliphatic carbocycles. The van der Waals surface area contributed by atoms with Crippen molar-refractivity contribution in [2.75, 3.05) is 0 Å². The van der Waals surface area contributed by atoms with E-state index in [-0.39, 0.29) is 6.04 Å². The van der Waals surface area contributed by atoms with E-state index in [1.54, 1.807) is 0 Å². The molecule has 0 fully saturated rings. The van der Waals surface area contributed by atoms with Crippen LogP contribution in [0.4, 0.5) is 8.78 Å². The van der Waals surface area contributed by atoms with E-state index in [1.807, 2.05) is 26.0 Å². The Balaban J connectivity index is 2.45. The summed E-state index contributed by atoms with van der Waals surface area (Å²) in [5.41, 5.74) is 2.03. The van der Waals surface area contributed by atoms with Gasteiger partial charge in [-0.1, -0.05) is 19.9 Å². The average molecular weight is 250 g/mol. The van der Waals surface area contributed by atoms with Gasteiger partial charge >= 0.3 is 0 Å². The minimum atomic E-state index is -0.765. The predicted octanol–water partition coefficient (Wildman–Crippen LogP) is 3.77. The Morgan fingerprint density at radius 3 is 2.72 bits per heavy atom. The van der Waals surface area contributed by atoms with Crippen molar-refractivity contribution >= 4 is 5.71 Å². The van der Waals surface area contributed by atoms with Gasteiger partial charge < -0.3 is 0 Å². The first-order chi connectivity index (χ1) is 8.65. The molecule has 1 aliphatic rings. The predicted molar refractivity (Wildman–Crippen MR) is 67.8 cm³/mol. The van der Waals surface area contributed by atoms with Crippen LogP contribution in [-0.2, 0) is 6.42 Å². The number of nitrogens with zero attached hydrogens (tertiary/aromatic N) is 2. The first-order valence-corrected chi connectivity index (χ1v) is 6.23. The third-order valence-corrected chi connectivity index (χ3v) is 3.13. The van der Waals surface area contributed by atoms with Crippen LogP contribution in [0, 0.1) is 11.9 Å². The van der Waals surface area contributed by atoms with Gasteiger partial charge in [0.2, 0.25) is 11.9 Å². The van der Waals surface area contributed by atoms with Gasteiger partial charge in [-0.2, -0.15) is 13.8 Å². The summed E-state index contributed by atoms with van der Waals surface area (Å²) in [4.78, 5) is 7.78. The summed E-state index contributed by atoms with van der Waals surface area (Å²) < 4.78 is 27.0. The summed E-state index contributed by atoms with van der Waals surface area (Å²) in [5, 5.41) is 0. The molecular formula is C14H16F2N2.